The Bertz CT molecular complexity index is 493. The third-order valence-corrected chi connectivity index (χ3v) is 2.91. The molecule has 0 fully saturated rings. The molecule has 88 valence electrons. The van der Waals surface area contributed by atoms with Gasteiger partial charge in [-0.15, -0.1) is 0 Å². The third-order valence-electron chi connectivity index (χ3n) is 2.21. The monoisotopic (exact) mass is 311 g/mol. The zero-order valence-electron chi connectivity index (χ0n) is 9.24. The molecule has 2 aromatic rings. The van der Waals surface area contributed by atoms with Crippen LogP contribution in [-0.4, -0.2) is 9.97 Å². The molecule has 2 rings (SSSR count). The Morgan fingerprint density at radius 2 is 1.94 bits per heavy atom. The maximum atomic E-state index is 5.78. The van der Waals surface area contributed by atoms with Gasteiger partial charge in [-0.1, -0.05) is 28.1 Å². The number of aryl methyl sites for hydroxylation is 1. The van der Waals surface area contributed by atoms with Gasteiger partial charge in [-0.25, -0.2) is 9.97 Å². The van der Waals surface area contributed by atoms with E-state index < -0.39 is 0 Å². The first-order chi connectivity index (χ1) is 8.13. The fourth-order valence-corrected chi connectivity index (χ4v) is 1.91. The molecule has 0 bridgehead atoms. The van der Waals surface area contributed by atoms with Crippen molar-refractivity contribution in [2.45, 2.75) is 13.5 Å². The van der Waals surface area contributed by atoms with Gasteiger partial charge in [0, 0.05) is 22.8 Å². The highest BCUT2D eigenvalue weighted by molar-refractivity contribution is 9.10. The minimum absolute atomic E-state index is 0.267. The summed E-state index contributed by atoms with van der Waals surface area (Å²) >= 11 is 9.19. The quantitative estimate of drug-likeness (QED) is 0.876. The lowest BCUT2D eigenvalue weighted by atomic mass is 10.2. The van der Waals surface area contributed by atoms with Gasteiger partial charge >= 0.3 is 0 Å². The molecule has 1 heterocycles. The van der Waals surface area contributed by atoms with Crippen LogP contribution >= 0.6 is 27.5 Å². The first kappa shape index (κ1) is 12.3. The van der Waals surface area contributed by atoms with Crippen LogP contribution in [0.2, 0.25) is 5.28 Å². The Labute approximate surface area is 113 Å². The molecular weight excluding hydrogens is 302 g/mol. The van der Waals surface area contributed by atoms with E-state index in [4.69, 9.17) is 11.6 Å². The molecule has 0 aliphatic rings. The predicted molar refractivity (Wildman–Crippen MR) is 73.2 cm³/mol. The highest BCUT2D eigenvalue weighted by Crippen LogP contribution is 2.13. The predicted octanol–water partition coefficient (Wildman–Crippen LogP) is 3.81. The van der Waals surface area contributed by atoms with Crippen LogP contribution < -0.4 is 5.32 Å². The van der Waals surface area contributed by atoms with Gasteiger partial charge < -0.3 is 5.32 Å². The second-order valence-electron chi connectivity index (χ2n) is 3.64. The number of halogens is 2. The molecule has 17 heavy (non-hydrogen) atoms. The highest BCUT2D eigenvalue weighted by atomic mass is 79.9. The standard InChI is InChI=1S/C12H11BrClN3/c1-8-6-11(17-12(14)16-8)15-7-9-2-4-10(13)5-3-9/h2-6H,7H2,1H3,(H,15,16,17). The van der Waals surface area contributed by atoms with E-state index in [1.165, 1.54) is 5.56 Å². The molecule has 1 aromatic heterocycles. The maximum Gasteiger partial charge on any atom is 0.224 e. The minimum Gasteiger partial charge on any atom is -0.366 e. The molecule has 0 amide bonds. The van der Waals surface area contributed by atoms with E-state index in [9.17, 15) is 0 Å². The number of nitrogens with zero attached hydrogens (tertiary/aromatic N) is 2. The third kappa shape index (κ3) is 3.68. The summed E-state index contributed by atoms with van der Waals surface area (Å²) in [4.78, 5) is 8.11. The summed E-state index contributed by atoms with van der Waals surface area (Å²) in [5.41, 5.74) is 2.03. The Balaban J connectivity index is 2.04. The Kier molecular flexibility index (Phi) is 3.97. The molecule has 1 aromatic carbocycles. The molecule has 0 radical (unpaired) electrons. The molecule has 5 heteroatoms. The lowest BCUT2D eigenvalue weighted by Gasteiger charge is -2.06. The van der Waals surface area contributed by atoms with Gasteiger partial charge in [-0.05, 0) is 36.2 Å². The largest absolute Gasteiger partial charge is 0.366 e. The molecule has 3 nitrogen and oxygen atoms in total. The van der Waals surface area contributed by atoms with Crippen LogP contribution in [0.25, 0.3) is 0 Å². The van der Waals surface area contributed by atoms with Crippen LogP contribution in [0, 0.1) is 6.92 Å². The maximum absolute atomic E-state index is 5.78. The van der Waals surface area contributed by atoms with Crippen LogP contribution in [0.4, 0.5) is 5.82 Å². The number of hydrogen-bond acceptors (Lipinski definition) is 3. The van der Waals surface area contributed by atoms with Crippen LogP contribution in [0.3, 0.4) is 0 Å². The zero-order chi connectivity index (χ0) is 12.3. The van der Waals surface area contributed by atoms with Gasteiger partial charge in [0.1, 0.15) is 5.82 Å². The van der Waals surface area contributed by atoms with Crippen LogP contribution in [-0.2, 0) is 6.54 Å². The van der Waals surface area contributed by atoms with E-state index in [2.05, 4.69) is 31.2 Å². The van der Waals surface area contributed by atoms with E-state index in [1.54, 1.807) is 0 Å². The van der Waals surface area contributed by atoms with Crippen molar-refractivity contribution in [3.05, 3.63) is 51.3 Å². The first-order valence-corrected chi connectivity index (χ1v) is 6.30. The van der Waals surface area contributed by atoms with Crippen molar-refractivity contribution in [2.75, 3.05) is 5.32 Å². The Morgan fingerprint density at radius 1 is 1.24 bits per heavy atom. The first-order valence-electron chi connectivity index (χ1n) is 5.13. The molecule has 0 saturated heterocycles. The fourth-order valence-electron chi connectivity index (χ4n) is 1.42. The van der Waals surface area contributed by atoms with Crippen molar-refractivity contribution in [1.82, 2.24) is 9.97 Å². The van der Waals surface area contributed by atoms with Crippen molar-refractivity contribution >= 4 is 33.3 Å². The van der Waals surface area contributed by atoms with Crippen LogP contribution in [0.15, 0.2) is 34.8 Å². The van der Waals surface area contributed by atoms with Gasteiger partial charge in [0.05, 0.1) is 0 Å². The molecule has 0 atom stereocenters. The van der Waals surface area contributed by atoms with E-state index in [-0.39, 0.29) is 5.28 Å². The average molecular weight is 313 g/mol. The molecule has 0 spiro atoms. The van der Waals surface area contributed by atoms with Crippen LogP contribution in [0.5, 0.6) is 0 Å². The molecule has 0 aliphatic carbocycles. The molecule has 0 unspecified atom stereocenters. The minimum atomic E-state index is 0.267. The summed E-state index contributed by atoms with van der Waals surface area (Å²) in [6.07, 6.45) is 0. The number of hydrogen-bond donors (Lipinski definition) is 1. The van der Waals surface area contributed by atoms with Gasteiger partial charge in [-0.2, -0.15) is 0 Å². The molecule has 1 N–H and O–H groups in total. The van der Waals surface area contributed by atoms with Gasteiger partial charge in [-0.3, -0.25) is 0 Å². The lowest BCUT2D eigenvalue weighted by Crippen LogP contribution is -2.02. The second-order valence-corrected chi connectivity index (χ2v) is 4.90. The van der Waals surface area contributed by atoms with Crippen molar-refractivity contribution < 1.29 is 0 Å². The smallest absolute Gasteiger partial charge is 0.224 e. The Hall–Kier alpha value is -1.13. The summed E-state index contributed by atoms with van der Waals surface area (Å²) in [5, 5.41) is 3.48. The second kappa shape index (κ2) is 5.47. The zero-order valence-corrected chi connectivity index (χ0v) is 11.6. The molecular formula is C12H11BrClN3. The molecule has 0 saturated carbocycles. The van der Waals surface area contributed by atoms with Gasteiger partial charge in [0.15, 0.2) is 0 Å². The summed E-state index contributed by atoms with van der Waals surface area (Å²) in [5.74, 6) is 0.741. The fraction of sp³-hybridized carbons (Fsp3) is 0.167. The van der Waals surface area contributed by atoms with Crippen molar-refractivity contribution in [1.29, 1.82) is 0 Å². The number of benzene rings is 1. The topological polar surface area (TPSA) is 37.8 Å². The van der Waals surface area contributed by atoms with E-state index in [1.807, 2.05) is 37.3 Å². The lowest BCUT2D eigenvalue weighted by molar-refractivity contribution is 1.05. The van der Waals surface area contributed by atoms with Crippen molar-refractivity contribution in [3.63, 3.8) is 0 Å². The van der Waals surface area contributed by atoms with Crippen LogP contribution in [0.1, 0.15) is 11.3 Å². The summed E-state index contributed by atoms with van der Waals surface area (Å²) < 4.78 is 1.07. The van der Waals surface area contributed by atoms with Gasteiger partial charge in [0.25, 0.3) is 0 Å². The van der Waals surface area contributed by atoms with Gasteiger partial charge in [0.2, 0.25) is 5.28 Å². The SMILES string of the molecule is Cc1cc(NCc2ccc(Br)cc2)nc(Cl)n1. The number of anilines is 1. The van der Waals surface area contributed by atoms with E-state index in [0.29, 0.717) is 6.54 Å². The number of nitrogens with one attached hydrogen (secondary N) is 1. The summed E-state index contributed by atoms with van der Waals surface area (Å²) in [6.45, 7) is 2.60. The Morgan fingerprint density at radius 3 is 2.59 bits per heavy atom. The van der Waals surface area contributed by atoms with E-state index in [0.717, 1.165) is 16.0 Å². The van der Waals surface area contributed by atoms with Crippen molar-refractivity contribution in [2.24, 2.45) is 0 Å². The average Bonchev–Trinajstić information content (AvgIpc) is 2.27. The van der Waals surface area contributed by atoms with E-state index >= 15 is 0 Å². The highest BCUT2D eigenvalue weighted by Gasteiger charge is 1.99. The summed E-state index contributed by atoms with van der Waals surface area (Å²) in [6, 6.07) is 9.98. The summed E-state index contributed by atoms with van der Waals surface area (Å²) in [7, 11) is 0. The molecule has 0 aliphatic heterocycles. The normalized spacial score (nSPS) is 10.3. The number of aromatic nitrogens is 2. The van der Waals surface area contributed by atoms with Crippen molar-refractivity contribution in [3.8, 4) is 0 Å². The number of rotatable bonds is 3.